The number of benzene rings is 1. The predicted octanol–water partition coefficient (Wildman–Crippen LogP) is 1.83. The van der Waals surface area contributed by atoms with Crippen LogP contribution in [0.3, 0.4) is 0 Å². The smallest absolute Gasteiger partial charge is 0.258 e. The second-order valence-electron chi connectivity index (χ2n) is 5.77. The summed E-state index contributed by atoms with van der Waals surface area (Å²) < 4.78 is 12.8. The molecule has 6 heteroatoms. The van der Waals surface area contributed by atoms with Gasteiger partial charge in [-0.3, -0.25) is 9.69 Å². The zero-order valence-corrected chi connectivity index (χ0v) is 14.7. The summed E-state index contributed by atoms with van der Waals surface area (Å²) in [6.07, 6.45) is 2.00. The lowest BCUT2D eigenvalue weighted by atomic mass is 10.2. The first-order valence-electron chi connectivity index (χ1n) is 7.83. The molecule has 2 rings (SSSR count). The molecule has 2 aromatic rings. The quantitative estimate of drug-likeness (QED) is 0.802. The van der Waals surface area contributed by atoms with Crippen LogP contribution in [-0.2, 0) is 11.8 Å². The minimum absolute atomic E-state index is 0.0480. The third-order valence-corrected chi connectivity index (χ3v) is 3.87. The van der Waals surface area contributed by atoms with Crippen molar-refractivity contribution in [3.63, 3.8) is 0 Å². The second-order valence-corrected chi connectivity index (χ2v) is 5.77. The highest BCUT2D eigenvalue weighted by molar-refractivity contribution is 5.77. The van der Waals surface area contributed by atoms with Crippen LogP contribution in [-0.4, -0.2) is 49.7 Å². The molecule has 0 radical (unpaired) electrons. The summed E-state index contributed by atoms with van der Waals surface area (Å²) in [4.78, 5) is 14.2. The van der Waals surface area contributed by atoms with Gasteiger partial charge in [-0.15, -0.1) is 0 Å². The number of aryl methyl sites for hydroxylation is 1. The largest absolute Gasteiger partial charge is 0.493 e. The average Bonchev–Trinajstić information content (AvgIpc) is 2.99. The summed E-state index contributed by atoms with van der Waals surface area (Å²) in [7, 11) is 7.56. The molecule has 0 aliphatic carbocycles. The Hall–Kier alpha value is -2.47. The summed E-state index contributed by atoms with van der Waals surface area (Å²) in [5.74, 6) is 1.00. The minimum Gasteiger partial charge on any atom is -0.493 e. The lowest BCUT2D eigenvalue weighted by Gasteiger charge is -2.25. The third kappa shape index (κ3) is 4.52. The van der Waals surface area contributed by atoms with Gasteiger partial charge in [0.25, 0.3) is 5.91 Å². The van der Waals surface area contributed by atoms with Crippen LogP contribution >= 0.6 is 0 Å². The van der Waals surface area contributed by atoms with Gasteiger partial charge in [0.15, 0.2) is 18.1 Å². The molecule has 0 saturated heterocycles. The molecule has 1 aromatic carbocycles. The van der Waals surface area contributed by atoms with Gasteiger partial charge in [-0.05, 0) is 38.4 Å². The van der Waals surface area contributed by atoms with E-state index in [1.54, 1.807) is 19.2 Å². The van der Waals surface area contributed by atoms with Gasteiger partial charge in [-0.1, -0.05) is 12.1 Å². The molecule has 6 nitrogen and oxygen atoms in total. The van der Waals surface area contributed by atoms with Crippen molar-refractivity contribution in [2.75, 3.05) is 34.4 Å². The van der Waals surface area contributed by atoms with Gasteiger partial charge in [0.2, 0.25) is 0 Å². The summed E-state index contributed by atoms with van der Waals surface area (Å²) in [5.41, 5.74) is 1.14. The standard InChI is InChI=1S/C18H25N3O3/c1-20(2)15(14-8-7-11-21(14)3)12-19-18(22)13-24-17-10-6-5-9-16(17)23-4/h5-11,15H,12-13H2,1-4H3,(H,19,22). The summed E-state index contributed by atoms with van der Waals surface area (Å²) in [6.45, 7) is 0.465. The lowest BCUT2D eigenvalue weighted by Crippen LogP contribution is -2.37. The van der Waals surface area contributed by atoms with Crippen LogP contribution in [0, 0.1) is 0 Å². The highest BCUT2D eigenvalue weighted by Gasteiger charge is 2.17. The molecule has 24 heavy (non-hydrogen) atoms. The maximum absolute atomic E-state index is 12.1. The number of hydrogen-bond acceptors (Lipinski definition) is 4. The SMILES string of the molecule is COc1ccccc1OCC(=O)NCC(c1cccn1C)N(C)C. The number of amides is 1. The number of carbonyl (C=O) groups excluding carboxylic acids is 1. The number of hydrogen-bond donors (Lipinski definition) is 1. The second kappa shape index (κ2) is 8.40. The van der Waals surface area contributed by atoms with Gasteiger partial charge in [-0.25, -0.2) is 0 Å². The Labute approximate surface area is 143 Å². The van der Waals surface area contributed by atoms with E-state index in [0.717, 1.165) is 5.69 Å². The van der Waals surface area contributed by atoms with Gasteiger partial charge in [0, 0.05) is 25.5 Å². The van der Waals surface area contributed by atoms with Crippen LogP contribution in [0.4, 0.5) is 0 Å². The van der Waals surface area contributed by atoms with Crippen LogP contribution < -0.4 is 14.8 Å². The van der Waals surface area contributed by atoms with Gasteiger partial charge in [0.1, 0.15) is 0 Å². The third-order valence-electron chi connectivity index (χ3n) is 3.87. The van der Waals surface area contributed by atoms with Gasteiger partial charge >= 0.3 is 0 Å². The van der Waals surface area contributed by atoms with Crippen molar-refractivity contribution in [1.29, 1.82) is 0 Å². The van der Waals surface area contributed by atoms with Crippen molar-refractivity contribution in [2.24, 2.45) is 7.05 Å². The molecule has 1 aromatic heterocycles. The summed E-state index contributed by atoms with van der Waals surface area (Å²) in [6, 6.07) is 11.4. The predicted molar refractivity (Wildman–Crippen MR) is 93.3 cm³/mol. The van der Waals surface area contributed by atoms with Crippen molar-refractivity contribution in [3.8, 4) is 11.5 Å². The van der Waals surface area contributed by atoms with Crippen molar-refractivity contribution < 1.29 is 14.3 Å². The maximum Gasteiger partial charge on any atom is 0.258 e. The van der Waals surface area contributed by atoms with Gasteiger partial charge in [0.05, 0.1) is 13.2 Å². The number of aromatic nitrogens is 1. The molecular formula is C18H25N3O3. The Bertz CT molecular complexity index is 667. The Morgan fingerprint density at radius 2 is 1.92 bits per heavy atom. The van der Waals surface area contributed by atoms with E-state index in [4.69, 9.17) is 9.47 Å². The van der Waals surface area contributed by atoms with E-state index in [1.807, 2.05) is 45.5 Å². The summed E-state index contributed by atoms with van der Waals surface area (Å²) >= 11 is 0. The first kappa shape index (κ1) is 17.9. The number of rotatable bonds is 8. The van der Waals surface area contributed by atoms with Crippen LogP contribution in [0.1, 0.15) is 11.7 Å². The van der Waals surface area contributed by atoms with E-state index in [-0.39, 0.29) is 18.6 Å². The number of ether oxygens (including phenoxy) is 2. The number of nitrogens with zero attached hydrogens (tertiary/aromatic N) is 2. The first-order chi connectivity index (χ1) is 11.5. The molecule has 1 heterocycles. The van der Waals surface area contributed by atoms with E-state index in [9.17, 15) is 4.79 Å². The van der Waals surface area contributed by atoms with Crippen LogP contribution in [0.25, 0.3) is 0 Å². The maximum atomic E-state index is 12.1. The molecule has 0 aliphatic heterocycles. The van der Waals surface area contributed by atoms with Crippen LogP contribution in [0.5, 0.6) is 11.5 Å². The fourth-order valence-electron chi connectivity index (χ4n) is 2.52. The Morgan fingerprint density at radius 1 is 1.21 bits per heavy atom. The van der Waals surface area contributed by atoms with E-state index in [2.05, 4.69) is 20.9 Å². The molecule has 0 bridgehead atoms. The fraction of sp³-hybridized carbons (Fsp3) is 0.389. The summed E-state index contributed by atoms with van der Waals surface area (Å²) in [5, 5.41) is 2.93. The molecular weight excluding hydrogens is 306 g/mol. The highest BCUT2D eigenvalue weighted by Crippen LogP contribution is 2.25. The van der Waals surface area contributed by atoms with Gasteiger partial charge in [-0.2, -0.15) is 0 Å². The highest BCUT2D eigenvalue weighted by atomic mass is 16.5. The normalized spacial score (nSPS) is 12.0. The van der Waals surface area contributed by atoms with E-state index in [0.29, 0.717) is 18.0 Å². The monoisotopic (exact) mass is 331 g/mol. The van der Waals surface area contributed by atoms with Gasteiger partial charge < -0.3 is 19.4 Å². The Balaban J connectivity index is 1.89. The lowest BCUT2D eigenvalue weighted by molar-refractivity contribution is -0.123. The first-order valence-corrected chi connectivity index (χ1v) is 7.83. The zero-order chi connectivity index (χ0) is 17.5. The minimum atomic E-state index is -0.165. The Morgan fingerprint density at radius 3 is 2.50 bits per heavy atom. The average molecular weight is 331 g/mol. The zero-order valence-electron chi connectivity index (χ0n) is 14.7. The number of para-hydroxylation sites is 2. The van der Waals surface area contributed by atoms with Crippen molar-refractivity contribution in [2.45, 2.75) is 6.04 Å². The molecule has 130 valence electrons. The molecule has 1 atom stereocenters. The molecule has 0 fully saturated rings. The van der Waals surface area contributed by atoms with Crippen LogP contribution in [0.2, 0.25) is 0 Å². The fourth-order valence-corrected chi connectivity index (χ4v) is 2.52. The van der Waals surface area contributed by atoms with E-state index in [1.165, 1.54) is 0 Å². The number of methoxy groups -OCH3 is 1. The topological polar surface area (TPSA) is 55.7 Å². The molecule has 1 N–H and O–H groups in total. The molecule has 1 amide bonds. The number of likely N-dealkylation sites (N-methyl/N-ethyl adjacent to an activating group) is 1. The molecule has 0 saturated carbocycles. The molecule has 0 aliphatic rings. The van der Waals surface area contributed by atoms with E-state index >= 15 is 0 Å². The Kier molecular flexibility index (Phi) is 6.26. The molecule has 1 unspecified atom stereocenters. The van der Waals surface area contributed by atoms with E-state index < -0.39 is 0 Å². The molecule has 0 spiro atoms. The van der Waals surface area contributed by atoms with Crippen LogP contribution in [0.15, 0.2) is 42.6 Å². The number of nitrogens with one attached hydrogen (secondary N) is 1. The van der Waals surface area contributed by atoms with Crippen molar-refractivity contribution in [1.82, 2.24) is 14.8 Å². The van der Waals surface area contributed by atoms with Crippen molar-refractivity contribution in [3.05, 3.63) is 48.3 Å². The number of carbonyl (C=O) groups is 1. The van der Waals surface area contributed by atoms with Crippen molar-refractivity contribution >= 4 is 5.91 Å².